The van der Waals surface area contributed by atoms with E-state index in [-0.39, 0.29) is 96.5 Å². The largest absolute Gasteiger partial charge is 0.498 e. The van der Waals surface area contributed by atoms with Gasteiger partial charge in [0.15, 0.2) is 22.9 Å². The van der Waals surface area contributed by atoms with E-state index >= 15 is 0 Å². The number of aryl methyl sites for hydroxylation is 4. The van der Waals surface area contributed by atoms with Crippen LogP contribution in [-0.2, 0) is 51.8 Å². The lowest BCUT2D eigenvalue weighted by molar-refractivity contribution is -0.385. The van der Waals surface area contributed by atoms with Gasteiger partial charge in [-0.15, -0.1) is 0 Å². The van der Waals surface area contributed by atoms with Gasteiger partial charge in [-0.2, -0.15) is 20.4 Å². The van der Waals surface area contributed by atoms with Crippen LogP contribution >= 0.6 is 50.7 Å². The summed E-state index contributed by atoms with van der Waals surface area (Å²) in [5.74, 6) is 1.11. The normalized spacial score (nSPS) is 15.7. The number of amides is 1. The molecule has 41 heteroatoms. The van der Waals surface area contributed by atoms with Crippen molar-refractivity contribution in [3.63, 3.8) is 0 Å². The fourth-order valence-electron chi connectivity index (χ4n) is 12.7. The first kappa shape index (κ1) is 90.3. The van der Waals surface area contributed by atoms with Crippen molar-refractivity contribution in [3.05, 3.63) is 186 Å². The van der Waals surface area contributed by atoms with Crippen LogP contribution in [0, 0.1) is 26.1 Å². The lowest BCUT2D eigenvalue weighted by Crippen LogP contribution is -2.41. The highest BCUT2D eigenvalue weighted by atomic mass is 79.9. The second-order valence-corrected chi connectivity index (χ2v) is 30.2. The number of nitrogens with one attached hydrogen (secondary N) is 1. The maximum atomic E-state index is 14.0. The van der Waals surface area contributed by atoms with Crippen molar-refractivity contribution in [1.82, 2.24) is 68.2 Å². The number of methoxy groups -OCH3 is 4. The molecule has 8 aromatic heterocycles. The number of rotatable bonds is 17. The predicted molar refractivity (Wildman–Crippen MR) is 446 cm³/mol. The maximum Gasteiger partial charge on any atom is 0.498 e. The first-order valence-corrected chi connectivity index (χ1v) is 39.0. The molecule has 16 rings (SSSR count). The Morgan fingerprint density at radius 2 is 1.00 bits per heavy atom. The van der Waals surface area contributed by atoms with E-state index in [1.165, 1.54) is 41.6 Å². The number of nitro groups is 2. The number of nitrogen functional groups attached to an aromatic ring is 1. The van der Waals surface area contributed by atoms with E-state index in [1.54, 1.807) is 101 Å². The summed E-state index contributed by atoms with van der Waals surface area (Å²) in [6.45, 7) is 9.21. The number of carbonyl (C=O) groups is 1. The van der Waals surface area contributed by atoms with Gasteiger partial charge < -0.3 is 54.5 Å². The number of anilines is 3. The summed E-state index contributed by atoms with van der Waals surface area (Å²) >= 11 is 21.3. The average molecular weight is 1770 g/mol. The molecule has 3 saturated heterocycles. The van der Waals surface area contributed by atoms with Crippen LogP contribution in [0.25, 0.3) is 55.7 Å². The number of benzene rings is 4. The van der Waals surface area contributed by atoms with Gasteiger partial charge in [-0.3, -0.25) is 52.9 Å². The molecule has 1 saturated carbocycles. The molecule has 0 radical (unpaired) electrons. The third kappa shape index (κ3) is 22.1. The van der Waals surface area contributed by atoms with E-state index in [1.807, 2.05) is 104 Å². The molecule has 1 aliphatic carbocycles. The average Bonchev–Trinajstić information content (AvgIpc) is 1.66. The van der Waals surface area contributed by atoms with Gasteiger partial charge in [0, 0.05) is 135 Å². The molecule has 632 valence electrons. The molecule has 4 fully saturated rings. The topological polar surface area (TPSA) is 374 Å². The van der Waals surface area contributed by atoms with Crippen molar-refractivity contribution in [3.8, 4) is 56.4 Å². The summed E-state index contributed by atoms with van der Waals surface area (Å²) in [7, 11) is 13.1. The summed E-state index contributed by atoms with van der Waals surface area (Å²) in [6, 6.07) is 23.7. The van der Waals surface area contributed by atoms with E-state index in [2.05, 4.69) is 61.6 Å². The third-order valence-electron chi connectivity index (χ3n) is 19.3. The zero-order chi connectivity index (χ0) is 86.3. The van der Waals surface area contributed by atoms with Crippen molar-refractivity contribution in [2.75, 3.05) is 52.7 Å². The Kier molecular flexibility index (Phi) is 30.5. The molecule has 12 aromatic rings. The SMILES string of the molecule is COc1c(-c2cnn(C)c2)cccc1[N+](=O)[O-].COc1c(Br)cccc1[N+](=O)[O-].COc1c(N)cccc1-c1cnn(C)c1.COc1c(Nc2cc(Cl)nc3c2nc(C(F)F)n3C2CCCCO2)cccc1-c1cnn(C)c1.Cn1cc(B2OC(C)(C)C(C)(C)O2)cn1.FC(F)c1nc2c(Cl)cc(Cl)nc2n1C1CCCCO1.NC(=O)C1CC1. The van der Waals surface area contributed by atoms with Crippen LogP contribution < -0.4 is 41.2 Å². The van der Waals surface area contributed by atoms with Gasteiger partial charge in [-0.05, 0) is 119 Å². The fraction of sp³-hybridized carbons (Fsp3) is 0.372. The minimum Gasteiger partial charge on any atom is -0.494 e. The van der Waals surface area contributed by atoms with Gasteiger partial charge in [0.2, 0.25) is 17.4 Å². The van der Waals surface area contributed by atoms with Gasteiger partial charge in [0.25, 0.3) is 12.9 Å². The number of hydrogen-bond acceptors (Lipinski definition) is 23. The van der Waals surface area contributed by atoms with Crippen LogP contribution in [0.4, 0.5) is 46.0 Å². The van der Waals surface area contributed by atoms with Crippen molar-refractivity contribution >= 4 is 120 Å². The predicted octanol–water partition coefficient (Wildman–Crippen LogP) is 16.9. The lowest BCUT2D eigenvalue weighted by Gasteiger charge is -2.32. The molecule has 3 aliphatic heterocycles. The highest BCUT2D eigenvalue weighted by Gasteiger charge is 2.52. The molecule has 11 heterocycles. The quantitative estimate of drug-likeness (QED) is 0.0190. The molecular weight excluding hydrogens is 1680 g/mol. The standard InChI is InChI=1S/C23H23ClF2N6O2.C12H11Cl2F2N3O.C11H11N3O3.C11H13N3O.C10H17BN2O2.C7H6BrNO3.C4H7NO/c1-31-12-13(11-27-31)14-6-5-7-15(20(14)33-2)28-16-10-17(24)29-22-19(16)30-23(21(25)26)32(22)18-8-3-4-9-34-18;13-6-5-7(14)17-11-9(6)18-12(10(15)16)19(11)8-3-1-2-4-20-8;1-13-7-8(6-12-13)9-4-3-5-10(14(15)16)11(9)17-2;1-14-7-8(6-13-14)9-4-3-5-10(12)11(9)15-2;1-9(2)10(3,4)15-11(14-9)8-6-12-13(5)7-8;1-12-7-5(8)3-2-4-6(7)9(10)11;5-4(6)3-1-2-3/h5-7,10-12,18,21H,3-4,8-9H2,1-2H3,(H,28,29);5,8,10H,1-4H2;3-7H,1-2H3;3-7H,12H2,1-2H3;6-7H,1-5H3;2-4H,1H3;3H,1-2H2,(H2,5,6). The number of primary amides is 1. The molecule has 119 heavy (non-hydrogen) atoms. The fourth-order valence-corrected chi connectivity index (χ4v) is 13.9. The Morgan fingerprint density at radius 3 is 1.41 bits per heavy atom. The summed E-state index contributed by atoms with van der Waals surface area (Å²) in [5, 5.41) is 41.6. The van der Waals surface area contributed by atoms with Crippen molar-refractivity contribution < 1.29 is 69.9 Å². The van der Waals surface area contributed by atoms with Crippen LogP contribution in [0.3, 0.4) is 0 Å². The van der Waals surface area contributed by atoms with Gasteiger partial charge in [0.05, 0.1) is 94.6 Å². The van der Waals surface area contributed by atoms with Crippen molar-refractivity contribution in [1.29, 1.82) is 0 Å². The molecule has 4 aromatic carbocycles. The monoisotopic (exact) mass is 1770 g/mol. The number of nitrogens with zero attached hydrogens (tertiary/aromatic N) is 16. The summed E-state index contributed by atoms with van der Waals surface area (Å²) in [4.78, 5) is 46.9. The van der Waals surface area contributed by atoms with E-state index < -0.39 is 41.0 Å². The van der Waals surface area contributed by atoms with Crippen molar-refractivity contribution in [2.24, 2.45) is 39.8 Å². The van der Waals surface area contributed by atoms with Gasteiger partial charge >= 0.3 is 18.5 Å². The number of carbonyl (C=O) groups excluding carboxylic acids is 1. The zero-order valence-corrected chi connectivity index (χ0v) is 70.7. The Bertz CT molecular complexity index is 5500. The molecule has 0 spiro atoms. The number of fused-ring (bicyclic) bond motifs is 2. The van der Waals surface area contributed by atoms with Gasteiger partial charge in [-0.25, -0.2) is 37.5 Å². The van der Waals surface area contributed by atoms with Crippen LogP contribution in [0.2, 0.25) is 15.3 Å². The third-order valence-corrected chi connectivity index (χ3v) is 20.6. The Hall–Kier alpha value is -11.0. The van der Waals surface area contributed by atoms with E-state index in [0.717, 1.165) is 71.8 Å². The lowest BCUT2D eigenvalue weighted by atomic mass is 9.82. The van der Waals surface area contributed by atoms with E-state index in [9.17, 15) is 42.6 Å². The minimum atomic E-state index is -2.80. The Balaban J connectivity index is 0.000000153. The highest BCUT2D eigenvalue weighted by Crippen LogP contribution is 2.44. The molecule has 2 atom stereocenters. The number of pyridine rings is 2. The molecule has 32 nitrogen and oxygen atoms in total. The highest BCUT2D eigenvalue weighted by molar-refractivity contribution is 9.10. The number of aromatic nitrogens is 14. The van der Waals surface area contributed by atoms with Crippen LogP contribution in [0.15, 0.2) is 139 Å². The number of alkyl halides is 4. The summed E-state index contributed by atoms with van der Waals surface area (Å²) in [5.41, 5.74) is 18.8. The summed E-state index contributed by atoms with van der Waals surface area (Å²) in [6.07, 6.45) is 14.7. The number of para-hydroxylation sites is 4. The number of imidazole rings is 2. The molecule has 1 amide bonds. The first-order valence-electron chi connectivity index (χ1n) is 37.0. The molecule has 2 unspecified atom stereocenters. The second kappa shape index (κ2) is 40.2. The number of hydrogen-bond donors (Lipinski definition) is 3. The molecule has 5 N–H and O–H groups in total. The van der Waals surface area contributed by atoms with Crippen LogP contribution in [-0.4, -0.2) is 144 Å². The molecule has 4 aliphatic rings. The number of nitrogens with two attached hydrogens (primary N) is 2. The van der Waals surface area contributed by atoms with Crippen LogP contribution in [0.5, 0.6) is 23.0 Å². The van der Waals surface area contributed by atoms with Crippen LogP contribution in [0.1, 0.15) is 116 Å². The number of nitro benzene ring substituents is 2. The second-order valence-electron chi connectivity index (χ2n) is 28.2. The van der Waals surface area contributed by atoms with E-state index in [0.29, 0.717) is 64.7 Å². The first-order chi connectivity index (χ1) is 56.7. The van der Waals surface area contributed by atoms with Crippen molar-refractivity contribution in [2.45, 2.75) is 116 Å². The Morgan fingerprint density at radius 1 is 0.571 bits per heavy atom. The van der Waals surface area contributed by atoms with Gasteiger partial charge in [-0.1, -0.05) is 77.3 Å². The number of halogens is 8. The Labute approximate surface area is 704 Å². The number of ether oxygens (including phenoxy) is 6. The minimum absolute atomic E-state index is 0.0353. The smallest absolute Gasteiger partial charge is 0.494 e. The summed E-state index contributed by atoms with van der Waals surface area (Å²) < 4.78 is 109. The molecule has 0 bridgehead atoms. The zero-order valence-electron chi connectivity index (χ0n) is 66.9. The maximum absolute atomic E-state index is 14.0. The van der Waals surface area contributed by atoms with Gasteiger partial charge in [0.1, 0.15) is 45.3 Å². The molecular formula is C78H88BBrCl3F4N19O13. The van der Waals surface area contributed by atoms with E-state index in [4.69, 9.17) is 84.0 Å².